The SMILES string of the molecule is CC(=O)OC[C@H]1OC(OC[C@H]2O[C@@H]3OC(C)(C)O[C@@H]3[C@H]3OC(C)(C)O[C@H]32)C=C[C@@H]1OC(C)=O. The molecule has 0 radical (unpaired) electrons. The standard InChI is InChI=1S/C22H32O11/c1-11(23)25-9-14-13(27-12(2)24)7-8-16(28-14)26-10-15-17-18(31-21(3,4)30-17)19-20(29-15)33-22(5,6)32-19/h7-8,13-20H,9-10H2,1-6H3/t13-,14+,15+,16?,17-,18-,19+,20+/m0/s1. The van der Waals surface area contributed by atoms with Gasteiger partial charge < -0.3 is 42.6 Å². The summed E-state index contributed by atoms with van der Waals surface area (Å²) in [7, 11) is 0. The Morgan fingerprint density at radius 2 is 1.45 bits per heavy atom. The average molecular weight is 472 g/mol. The topological polar surface area (TPSA) is 117 Å². The molecular weight excluding hydrogens is 440 g/mol. The number of rotatable bonds is 6. The van der Waals surface area contributed by atoms with E-state index in [0.29, 0.717) is 0 Å². The van der Waals surface area contributed by atoms with Gasteiger partial charge in [-0.15, -0.1) is 0 Å². The molecule has 0 aromatic rings. The van der Waals surface area contributed by atoms with Crippen LogP contribution in [0.2, 0.25) is 0 Å². The van der Waals surface area contributed by atoms with Crippen LogP contribution in [0, 0.1) is 0 Å². The van der Waals surface area contributed by atoms with Crippen LogP contribution in [-0.4, -0.2) is 85.9 Å². The predicted molar refractivity (Wildman–Crippen MR) is 108 cm³/mol. The van der Waals surface area contributed by atoms with E-state index in [1.807, 2.05) is 27.7 Å². The number of hydrogen-bond acceptors (Lipinski definition) is 11. The maximum Gasteiger partial charge on any atom is 0.303 e. The molecule has 33 heavy (non-hydrogen) atoms. The van der Waals surface area contributed by atoms with Gasteiger partial charge in [-0.05, 0) is 39.8 Å². The van der Waals surface area contributed by atoms with Crippen LogP contribution in [0.15, 0.2) is 12.2 Å². The quantitative estimate of drug-likeness (QED) is 0.410. The third kappa shape index (κ3) is 5.73. The molecule has 4 aliphatic rings. The molecular formula is C22H32O11. The molecule has 4 rings (SSSR count). The molecule has 0 spiro atoms. The molecule has 4 aliphatic heterocycles. The van der Waals surface area contributed by atoms with Crippen molar-refractivity contribution in [3.8, 4) is 0 Å². The van der Waals surface area contributed by atoms with E-state index in [0.717, 1.165) is 0 Å². The second-order valence-electron chi connectivity index (χ2n) is 9.35. The summed E-state index contributed by atoms with van der Waals surface area (Å²) in [6.07, 6.45) is -1.28. The number of fused-ring (bicyclic) bond motifs is 3. The summed E-state index contributed by atoms with van der Waals surface area (Å²) in [5, 5.41) is 0. The summed E-state index contributed by atoms with van der Waals surface area (Å²) in [6, 6.07) is 0. The number of hydrogen-bond donors (Lipinski definition) is 0. The molecule has 0 saturated carbocycles. The molecule has 3 saturated heterocycles. The molecule has 0 N–H and O–H groups in total. The largest absolute Gasteiger partial charge is 0.463 e. The van der Waals surface area contributed by atoms with E-state index in [9.17, 15) is 9.59 Å². The van der Waals surface area contributed by atoms with Gasteiger partial charge in [-0.1, -0.05) is 0 Å². The van der Waals surface area contributed by atoms with Gasteiger partial charge in [-0.2, -0.15) is 0 Å². The fraction of sp³-hybridized carbons (Fsp3) is 0.818. The first-order valence-electron chi connectivity index (χ1n) is 11.1. The van der Waals surface area contributed by atoms with Crippen LogP contribution in [0.5, 0.6) is 0 Å². The van der Waals surface area contributed by atoms with Crippen LogP contribution in [0.25, 0.3) is 0 Å². The maximum atomic E-state index is 11.4. The lowest BCUT2D eigenvalue weighted by atomic mass is 9.99. The first-order chi connectivity index (χ1) is 15.4. The first kappa shape index (κ1) is 24.5. The van der Waals surface area contributed by atoms with Crippen molar-refractivity contribution < 1.29 is 52.2 Å². The Balaban J connectivity index is 1.41. The van der Waals surface area contributed by atoms with Crippen molar-refractivity contribution in [3.63, 3.8) is 0 Å². The van der Waals surface area contributed by atoms with E-state index in [4.69, 9.17) is 42.6 Å². The van der Waals surface area contributed by atoms with E-state index in [2.05, 4.69) is 0 Å². The predicted octanol–water partition coefficient (Wildman–Crippen LogP) is 1.18. The second-order valence-corrected chi connectivity index (χ2v) is 9.35. The monoisotopic (exact) mass is 472 g/mol. The van der Waals surface area contributed by atoms with E-state index in [1.54, 1.807) is 12.2 Å². The lowest BCUT2D eigenvalue weighted by Gasteiger charge is -2.38. The molecule has 186 valence electrons. The van der Waals surface area contributed by atoms with Crippen LogP contribution < -0.4 is 0 Å². The summed E-state index contributed by atoms with van der Waals surface area (Å²) in [5.74, 6) is -2.56. The summed E-state index contributed by atoms with van der Waals surface area (Å²) in [6.45, 7) is 9.92. The van der Waals surface area contributed by atoms with Crippen molar-refractivity contribution in [1.29, 1.82) is 0 Å². The third-order valence-corrected chi connectivity index (χ3v) is 5.56. The summed E-state index contributed by atoms with van der Waals surface area (Å²) < 4.78 is 52.3. The van der Waals surface area contributed by atoms with Crippen LogP contribution in [0.1, 0.15) is 41.5 Å². The Labute approximate surface area is 192 Å². The minimum atomic E-state index is -0.810. The van der Waals surface area contributed by atoms with Crippen molar-refractivity contribution in [1.82, 2.24) is 0 Å². The van der Waals surface area contributed by atoms with Crippen molar-refractivity contribution in [2.45, 2.75) is 102 Å². The molecule has 11 heteroatoms. The molecule has 0 aromatic carbocycles. The zero-order valence-corrected chi connectivity index (χ0v) is 19.7. The fourth-order valence-electron chi connectivity index (χ4n) is 4.37. The smallest absolute Gasteiger partial charge is 0.303 e. The molecule has 0 amide bonds. The van der Waals surface area contributed by atoms with E-state index >= 15 is 0 Å². The lowest BCUT2D eigenvalue weighted by Crippen LogP contribution is -2.56. The summed E-state index contributed by atoms with van der Waals surface area (Å²) >= 11 is 0. The highest BCUT2D eigenvalue weighted by Gasteiger charge is 2.60. The normalized spacial score (nSPS) is 40.7. The van der Waals surface area contributed by atoms with E-state index in [1.165, 1.54) is 13.8 Å². The summed E-state index contributed by atoms with van der Waals surface area (Å²) in [4.78, 5) is 22.6. The highest BCUT2D eigenvalue weighted by atomic mass is 16.9. The van der Waals surface area contributed by atoms with Crippen molar-refractivity contribution >= 4 is 11.9 Å². The Hall–Kier alpha value is -1.60. The molecule has 1 unspecified atom stereocenters. The number of ether oxygens (including phenoxy) is 9. The third-order valence-electron chi connectivity index (χ3n) is 5.56. The van der Waals surface area contributed by atoms with Gasteiger partial charge in [-0.25, -0.2) is 0 Å². The fourth-order valence-corrected chi connectivity index (χ4v) is 4.37. The van der Waals surface area contributed by atoms with Crippen LogP contribution in [-0.2, 0) is 52.2 Å². The van der Waals surface area contributed by atoms with Crippen LogP contribution in [0.3, 0.4) is 0 Å². The van der Waals surface area contributed by atoms with Gasteiger partial charge in [-0.3, -0.25) is 9.59 Å². The number of carbonyl (C=O) groups is 2. The highest BCUT2D eigenvalue weighted by molar-refractivity contribution is 5.66. The van der Waals surface area contributed by atoms with Crippen LogP contribution >= 0.6 is 0 Å². The minimum Gasteiger partial charge on any atom is -0.463 e. The number of carbonyl (C=O) groups excluding carboxylic acids is 2. The molecule has 0 aromatic heterocycles. The molecule has 0 aliphatic carbocycles. The zero-order valence-electron chi connectivity index (χ0n) is 19.7. The van der Waals surface area contributed by atoms with Gasteiger partial charge in [0.05, 0.1) is 6.61 Å². The minimum absolute atomic E-state index is 0.0860. The van der Waals surface area contributed by atoms with Gasteiger partial charge in [0.15, 0.2) is 24.2 Å². The van der Waals surface area contributed by atoms with Crippen molar-refractivity contribution in [2.24, 2.45) is 0 Å². The van der Waals surface area contributed by atoms with Gasteiger partial charge in [0, 0.05) is 13.8 Å². The van der Waals surface area contributed by atoms with Gasteiger partial charge in [0.25, 0.3) is 0 Å². The second kappa shape index (κ2) is 9.21. The number of esters is 2. The average Bonchev–Trinajstić information content (AvgIpc) is 3.19. The van der Waals surface area contributed by atoms with Crippen molar-refractivity contribution in [2.75, 3.05) is 13.2 Å². The van der Waals surface area contributed by atoms with Crippen molar-refractivity contribution in [3.05, 3.63) is 12.2 Å². The van der Waals surface area contributed by atoms with E-state index in [-0.39, 0.29) is 19.3 Å². The molecule has 11 nitrogen and oxygen atoms in total. The van der Waals surface area contributed by atoms with Crippen LogP contribution in [0.4, 0.5) is 0 Å². The first-order valence-corrected chi connectivity index (χ1v) is 11.1. The maximum absolute atomic E-state index is 11.4. The van der Waals surface area contributed by atoms with Gasteiger partial charge >= 0.3 is 11.9 Å². The van der Waals surface area contributed by atoms with Gasteiger partial charge in [0.2, 0.25) is 0 Å². The Bertz CT molecular complexity index is 778. The molecule has 4 heterocycles. The van der Waals surface area contributed by atoms with E-state index < -0.39 is 66.6 Å². The highest BCUT2D eigenvalue weighted by Crippen LogP contribution is 2.44. The molecule has 8 atom stereocenters. The van der Waals surface area contributed by atoms with Gasteiger partial charge in [0.1, 0.15) is 43.2 Å². The molecule has 0 bridgehead atoms. The Morgan fingerprint density at radius 1 is 0.788 bits per heavy atom. The summed E-state index contributed by atoms with van der Waals surface area (Å²) in [5.41, 5.74) is 0. The molecule has 3 fully saturated rings. The lowest BCUT2D eigenvalue weighted by molar-refractivity contribution is -0.259. The Morgan fingerprint density at radius 3 is 2.15 bits per heavy atom. The Kier molecular flexibility index (Phi) is 6.85. The zero-order chi connectivity index (χ0) is 24.0.